The number of aliphatic carboxylic acids is 1. The Balaban J connectivity index is 2.35. The van der Waals surface area contributed by atoms with Crippen molar-refractivity contribution >= 4 is 5.97 Å². The van der Waals surface area contributed by atoms with Gasteiger partial charge in [-0.2, -0.15) is 0 Å². The van der Waals surface area contributed by atoms with Crippen LogP contribution in [0.15, 0.2) is 0 Å². The molecule has 1 aliphatic heterocycles. The Morgan fingerprint density at radius 1 is 1.80 bits per heavy atom. The van der Waals surface area contributed by atoms with E-state index < -0.39 is 5.97 Å². The Kier molecular flexibility index (Phi) is 2.24. The van der Waals surface area contributed by atoms with Gasteiger partial charge in [0.25, 0.3) is 0 Å². The highest BCUT2D eigenvalue weighted by Crippen LogP contribution is 2.18. The van der Waals surface area contributed by atoms with Gasteiger partial charge in [-0.3, -0.25) is 4.79 Å². The third-order valence-electron chi connectivity index (χ3n) is 1.69. The molecule has 0 aliphatic carbocycles. The molecule has 0 bridgehead atoms. The zero-order valence-corrected chi connectivity index (χ0v) is 5.62. The first-order valence-electron chi connectivity index (χ1n) is 3.28. The molecular weight excluding hydrogens is 134 g/mol. The van der Waals surface area contributed by atoms with Crippen molar-refractivity contribution in [3.8, 4) is 0 Å². The third-order valence-corrected chi connectivity index (χ3v) is 1.69. The molecule has 2 atom stereocenters. The first kappa shape index (κ1) is 7.50. The monoisotopic (exact) mass is 145 g/mol. The van der Waals surface area contributed by atoms with Crippen LogP contribution < -0.4 is 5.73 Å². The Morgan fingerprint density at radius 2 is 2.50 bits per heavy atom. The van der Waals surface area contributed by atoms with Gasteiger partial charge in [-0.15, -0.1) is 0 Å². The van der Waals surface area contributed by atoms with Crippen LogP contribution in [-0.4, -0.2) is 30.3 Å². The molecule has 1 heterocycles. The van der Waals surface area contributed by atoms with Gasteiger partial charge in [0.1, 0.15) is 0 Å². The summed E-state index contributed by atoms with van der Waals surface area (Å²) in [4.78, 5) is 10.3. The molecule has 4 heteroatoms. The smallest absolute Gasteiger partial charge is 0.308 e. The molecule has 0 saturated carbocycles. The minimum atomic E-state index is -0.782. The van der Waals surface area contributed by atoms with Crippen molar-refractivity contribution in [1.29, 1.82) is 0 Å². The highest BCUT2D eigenvalue weighted by Gasteiger charge is 2.29. The van der Waals surface area contributed by atoms with E-state index >= 15 is 0 Å². The molecule has 3 N–H and O–H groups in total. The maximum Gasteiger partial charge on any atom is 0.308 e. The molecule has 0 radical (unpaired) electrons. The van der Waals surface area contributed by atoms with Crippen molar-refractivity contribution < 1.29 is 14.6 Å². The second-order valence-electron chi connectivity index (χ2n) is 2.46. The van der Waals surface area contributed by atoms with E-state index in [1.807, 2.05) is 0 Å². The summed E-state index contributed by atoms with van der Waals surface area (Å²) in [6.07, 6.45) is 0.521. The van der Waals surface area contributed by atoms with Crippen molar-refractivity contribution in [2.75, 3.05) is 13.2 Å². The van der Waals surface area contributed by atoms with Gasteiger partial charge >= 0.3 is 5.97 Å². The van der Waals surface area contributed by atoms with E-state index in [0.717, 1.165) is 0 Å². The number of carbonyl (C=O) groups is 1. The summed E-state index contributed by atoms with van der Waals surface area (Å²) in [7, 11) is 0. The SMILES string of the molecule is NC[C@@H]1C[C@H](C(=O)O)CO1. The van der Waals surface area contributed by atoms with Gasteiger partial charge in [0.15, 0.2) is 0 Å². The van der Waals surface area contributed by atoms with Crippen LogP contribution in [0.3, 0.4) is 0 Å². The maximum atomic E-state index is 10.3. The number of carboxylic acids is 1. The summed E-state index contributed by atoms with van der Waals surface area (Å²) >= 11 is 0. The fourth-order valence-electron chi connectivity index (χ4n) is 1.04. The molecule has 58 valence electrons. The molecule has 4 nitrogen and oxygen atoms in total. The summed E-state index contributed by atoms with van der Waals surface area (Å²) in [6, 6.07) is 0. The van der Waals surface area contributed by atoms with Gasteiger partial charge in [0.2, 0.25) is 0 Å². The summed E-state index contributed by atoms with van der Waals surface area (Å²) in [5.41, 5.74) is 5.28. The lowest BCUT2D eigenvalue weighted by atomic mass is 10.1. The summed E-state index contributed by atoms with van der Waals surface area (Å²) < 4.78 is 5.07. The van der Waals surface area contributed by atoms with Gasteiger partial charge in [0.05, 0.1) is 18.6 Å². The minimum Gasteiger partial charge on any atom is -0.481 e. The van der Waals surface area contributed by atoms with Crippen LogP contribution in [0.5, 0.6) is 0 Å². The second-order valence-corrected chi connectivity index (χ2v) is 2.46. The molecule has 0 unspecified atom stereocenters. The summed E-state index contributed by atoms with van der Waals surface area (Å²) in [5.74, 6) is -1.12. The molecule has 0 aromatic rings. The predicted molar refractivity (Wildman–Crippen MR) is 34.5 cm³/mol. The molecule has 0 amide bonds. The normalized spacial score (nSPS) is 32.5. The summed E-state index contributed by atoms with van der Waals surface area (Å²) in [5, 5.41) is 8.51. The first-order chi connectivity index (χ1) is 4.74. The Bertz CT molecular complexity index is 137. The number of hydrogen-bond acceptors (Lipinski definition) is 3. The van der Waals surface area contributed by atoms with Gasteiger partial charge in [-0.05, 0) is 6.42 Å². The van der Waals surface area contributed by atoms with Crippen LogP contribution in [0.1, 0.15) is 6.42 Å². The largest absolute Gasteiger partial charge is 0.481 e. The van der Waals surface area contributed by atoms with Crippen LogP contribution in [0.25, 0.3) is 0 Å². The van der Waals surface area contributed by atoms with Crippen LogP contribution in [0, 0.1) is 5.92 Å². The fourth-order valence-corrected chi connectivity index (χ4v) is 1.04. The van der Waals surface area contributed by atoms with E-state index in [1.54, 1.807) is 0 Å². The Labute approximate surface area is 59.0 Å². The van der Waals surface area contributed by atoms with E-state index in [-0.39, 0.29) is 12.0 Å². The molecule has 1 fully saturated rings. The quantitative estimate of drug-likeness (QED) is 0.546. The van der Waals surface area contributed by atoms with E-state index in [4.69, 9.17) is 15.6 Å². The number of nitrogens with two attached hydrogens (primary N) is 1. The molecule has 10 heavy (non-hydrogen) atoms. The number of carboxylic acid groups (broad SMARTS) is 1. The number of rotatable bonds is 2. The molecule has 0 spiro atoms. The summed E-state index contributed by atoms with van der Waals surface area (Å²) in [6.45, 7) is 0.737. The highest BCUT2D eigenvalue weighted by atomic mass is 16.5. The lowest BCUT2D eigenvalue weighted by Crippen LogP contribution is -2.19. The molecular formula is C6H11NO3. The van der Waals surface area contributed by atoms with Gasteiger partial charge < -0.3 is 15.6 Å². The lowest BCUT2D eigenvalue weighted by Gasteiger charge is -2.02. The zero-order valence-electron chi connectivity index (χ0n) is 5.62. The van der Waals surface area contributed by atoms with E-state index in [1.165, 1.54) is 0 Å². The molecule has 0 aromatic carbocycles. The third kappa shape index (κ3) is 1.46. The van der Waals surface area contributed by atoms with Crippen molar-refractivity contribution in [1.82, 2.24) is 0 Å². The van der Waals surface area contributed by atoms with Crippen LogP contribution in [-0.2, 0) is 9.53 Å². The lowest BCUT2D eigenvalue weighted by molar-refractivity contribution is -0.141. The molecule has 1 saturated heterocycles. The molecule has 1 rings (SSSR count). The van der Waals surface area contributed by atoms with Crippen molar-refractivity contribution in [3.63, 3.8) is 0 Å². The maximum absolute atomic E-state index is 10.3. The number of ether oxygens (including phenoxy) is 1. The average Bonchev–Trinajstić information content (AvgIpc) is 2.34. The molecule has 1 aliphatic rings. The average molecular weight is 145 g/mol. The Morgan fingerprint density at radius 3 is 2.80 bits per heavy atom. The standard InChI is InChI=1S/C6H11NO3/c7-2-5-1-4(3-10-5)6(8)9/h4-5H,1-3,7H2,(H,8,9)/t4-,5-/m0/s1. The second kappa shape index (κ2) is 2.98. The minimum absolute atomic E-state index is 0.0406. The fraction of sp³-hybridized carbons (Fsp3) is 0.833. The Hall–Kier alpha value is -0.610. The molecule has 0 aromatic heterocycles. The van der Waals surface area contributed by atoms with Crippen molar-refractivity contribution in [2.45, 2.75) is 12.5 Å². The van der Waals surface area contributed by atoms with E-state index in [0.29, 0.717) is 19.6 Å². The van der Waals surface area contributed by atoms with Gasteiger partial charge in [0, 0.05) is 6.54 Å². The van der Waals surface area contributed by atoms with Crippen LogP contribution >= 0.6 is 0 Å². The first-order valence-corrected chi connectivity index (χ1v) is 3.28. The van der Waals surface area contributed by atoms with Gasteiger partial charge in [-0.1, -0.05) is 0 Å². The van der Waals surface area contributed by atoms with E-state index in [2.05, 4.69) is 0 Å². The van der Waals surface area contributed by atoms with Crippen LogP contribution in [0.2, 0.25) is 0 Å². The highest BCUT2D eigenvalue weighted by molar-refractivity contribution is 5.70. The van der Waals surface area contributed by atoms with Crippen molar-refractivity contribution in [2.24, 2.45) is 11.7 Å². The van der Waals surface area contributed by atoms with E-state index in [9.17, 15) is 4.79 Å². The van der Waals surface area contributed by atoms with Crippen LogP contribution in [0.4, 0.5) is 0 Å². The topological polar surface area (TPSA) is 72.6 Å². The van der Waals surface area contributed by atoms with Gasteiger partial charge in [-0.25, -0.2) is 0 Å². The predicted octanol–water partition coefficient (Wildman–Crippen LogP) is -0.565. The zero-order chi connectivity index (χ0) is 7.56. The number of hydrogen-bond donors (Lipinski definition) is 2. The van der Waals surface area contributed by atoms with Crippen molar-refractivity contribution in [3.05, 3.63) is 0 Å².